The first kappa shape index (κ1) is 19.9. The average Bonchev–Trinajstić information content (AvgIpc) is 3.10. The number of aryl methyl sites for hydroxylation is 1. The molecule has 30 heavy (non-hydrogen) atoms. The Balaban J connectivity index is 1.63. The largest absolute Gasteiger partial charge is 0.280 e. The van der Waals surface area contributed by atoms with Crippen molar-refractivity contribution in [3.8, 4) is 0 Å². The normalized spacial score (nSPS) is 11.4. The molecule has 3 aromatic carbocycles. The van der Waals surface area contributed by atoms with Crippen LogP contribution in [-0.2, 0) is 10.0 Å². The number of sulfonamides is 1. The number of benzene rings is 3. The minimum Gasteiger partial charge on any atom is -0.280 e. The van der Waals surface area contributed by atoms with E-state index in [9.17, 15) is 13.2 Å². The first-order valence-electron chi connectivity index (χ1n) is 8.96. The monoisotopic (exact) mass is 440 g/mol. The highest BCUT2D eigenvalue weighted by Crippen LogP contribution is 2.23. The Hall–Kier alpha value is -3.36. The molecule has 0 saturated carbocycles. The van der Waals surface area contributed by atoms with Crippen molar-refractivity contribution in [2.24, 2.45) is 0 Å². The van der Waals surface area contributed by atoms with E-state index < -0.39 is 15.9 Å². The van der Waals surface area contributed by atoms with Crippen molar-refractivity contribution in [1.29, 1.82) is 0 Å². The van der Waals surface area contributed by atoms with E-state index in [4.69, 9.17) is 11.6 Å². The number of rotatable bonds is 5. The van der Waals surface area contributed by atoms with Crippen LogP contribution < -0.4 is 10.1 Å². The molecule has 0 aliphatic carbocycles. The van der Waals surface area contributed by atoms with E-state index in [2.05, 4.69) is 15.1 Å². The summed E-state index contributed by atoms with van der Waals surface area (Å²) in [5.74, 6) is -0.559. The highest BCUT2D eigenvalue weighted by atomic mass is 35.5. The molecular weight excluding hydrogens is 424 g/mol. The highest BCUT2D eigenvalue weighted by molar-refractivity contribution is 7.92. The summed E-state index contributed by atoms with van der Waals surface area (Å²) in [4.78, 5) is 16.9. The molecule has 0 spiro atoms. The van der Waals surface area contributed by atoms with Crippen LogP contribution in [0, 0.1) is 6.92 Å². The molecule has 2 N–H and O–H groups in total. The first-order valence-corrected chi connectivity index (χ1v) is 10.8. The minimum absolute atomic E-state index is 0.0292. The van der Waals surface area contributed by atoms with Crippen molar-refractivity contribution in [1.82, 2.24) is 9.66 Å². The van der Waals surface area contributed by atoms with E-state index in [0.717, 1.165) is 5.56 Å². The third-order valence-corrected chi connectivity index (χ3v) is 6.15. The lowest BCUT2D eigenvalue weighted by atomic mass is 10.2. The van der Waals surface area contributed by atoms with Crippen LogP contribution in [0.3, 0.4) is 0 Å². The van der Waals surface area contributed by atoms with E-state index in [1.54, 1.807) is 24.3 Å². The molecule has 0 atom stereocenters. The Morgan fingerprint density at radius 2 is 1.83 bits per heavy atom. The number of anilines is 1. The molecule has 152 valence electrons. The second-order valence-corrected chi connectivity index (χ2v) is 8.75. The summed E-state index contributed by atoms with van der Waals surface area (Å²) in [6.07, 6.45) is 1.47. The smallest absolute Gasteiger partial charge is 0.271 e. The lowest BCUT2D eigenvalue weighted by Crippen LogP contribution is -2.23. The van der Waals surface area contributed by atoms with Gasteiger partial charge in [0.1, 0.15) is 6.33 Å². The van der Waals surface area contributed by atoms with Gasteiger partial charge in [0.2, 0.25) is 0 Å². The number of nitrogens with one attached hydrogen (secondary N) is 2. The van der Waals surface area contributed by atoms with Gasteiger partial charge in [-0.1, -0.05) is 35.9 Å². The molecule has 0 aliphatic rings. The summed E-state index contributed by atoms with van der Waals surface area (Å²) in [5, 5.41) is 0.131. The maximum absolute atomic E-state index is 12.8. The van der Waals surface area contributed by atoms with Gasteiger partial charge >= 0.3 is 0 Å². The van der Waals surface area contributed by atoms with Gasteiger partial charge in [-0.25, -0.2) is 18.1 Å². The first-order chi connectivity index (χ1) is 14.3. The van der Waals surface area contributed by atoms with Crippen molar-refractivity contribution < 1.29 is 13.2 Å². The van der Waals surface area contributed by atoms with Crippen molar-refractivity contribution in [3.63, 3.8) is 0 Å². The summed E-state index contributed by atoms with van der Waals surface area (Å²) in [6.45, 7) is 1.86. The Kier molecular flexibility index (Phi) is 5.19. The van der Waals surface area contributed by atoms with Gasteiger partial charge in [0.05, 0.1) is 26.5 Å². The number of fused-ring (bicyclic) bond motifs is 1. The van der Waals surface area contributed by atoms with E-state index in [1.165, 1.54) is 29.2 Å². The number of carbonyl (C=O) groups is 1. The number of nitrogens with zero attached hydrogens (tertiary/aromatic N) is 2. The van der Waals surface area contributed by atoms with Gasteiger partial charge in [0, 0.05) is 5.69 Å². The second kappa shape index (κ2) is 7.81. The number of hydrogen-bond donors (Lipinski definition) is 2. The van der Waals surface area contributed by atoms with Gasteiger partial charge in [-0.2, -0.15) is 0 Å². The molecule has 1 aromatic heterocycles. The van der Waals surface area contributed by atoms with Crippen LogP contribution in [-0.4, -0.2) is 24.0 Å². The molecule has 1 amide bonds. The third kappa shape index (κ3) is 4.00. The number of para-hydroxylation sites is 2. The molecule has 0 radical (unpaired) electrons. The summed E-state index contributed by atoms with van der Waals surface area (Å²) in [6, 6.07) is 18.2. The van der Waals surface area contributed by atoms with Gasteiger partial charge in [-0.15, -0.1) is 0 Å². The molecule has 0 unspecified atom stereocenters. The van der Waals surface area contributed by atoms with E-state index in [1.807, 2.05) is 31.2 Å². The Morgan fingerprint density at radius 1 is 1.03 bits per heavy atom. The number of carbonyl (C=O) groups excluding carboxylic acids is 1. The fourth-order valence-electron chi connectivity index (χ4n) is 2.99. The zero-order valence-corrected chi connectivity index (χ0v) is 17.4. The molecule has 4 aromatic rings. The predicted molar refractivity (Wildman–Crippen MR) is 117 cm³/mol. The average molecular weight is 441 g/mol. The number of imidazole rings is 1. The zero-order valence-electron chi connectivity index (χ0n) is 15.8. The van der Waals surface area contributed by atoms with Crippen LogP contribution in [0.25, 0.3) is 11.0 Å². The molecule has 0 aliphatic heterocycles. The summed E-state index contributed by atoms with van der Waals surface area (Å²) >= 11 is 6.18. The summed E-state index contributed by atoms with van der Waals surface area (Å²) in [5.41, 5.74) is 5.46. The molecule has 4 rings (SSSR count). The number of aromatic nitrogens is 2. The molecule has 7 nitrogen and oxygen atoms in total. The van der Waals surface area contributed by atoms with Gasteiger partial charge in [0.15, 0.2) is 0 Å². The van der Waals surface area contributed by atoms with E-state index >= 15 is 0 Å². The Labute approximate surface area is 178 Å². The number of hydrogen-bond acceptors (Lipinski definition) is 4. The zero-order chi connectivity index (χ0) is 21.3. The number of amides is 1. The predicted octanol–water partition coefficient (Wildman–Crippen LogP) is 4.18. The molecule has 0 saturated heterocycles. The lowest BCUT2D eigenvalue weighted by molar-refractivity contribution is 0.101. The maximum atomic E-state index is 12.8. The molecule has 1 heterocycles. The standard InChI is InChI=1S/C21H17ClN4O3S/c1-14-5-4-6-15(11-14)25-30(28,29)16-9-10-18(22)17(12-16)21(27)24-26-13-23-19-7-2-3-8-20(19)26/h2-13,25H,1H3,(H,24,27). The van der Waals surface area contributed by atoms with Crippen molar-refractivity contribution >= 4 is 44.3 Å². The van der Waals surface area contributed by atoms with E-state index in [-0.39, 0.29) is 15.5 Å². The lowest BCUT2D eigenvalue weighted by Gasteiger charge is -2.12. The van der Waals surface area contributed by atoms with Gasteiger partial charge in [0.25, 0.3) is 15.9 Å². The van der Waals surface area contributed by atoms with Crippen molar-refractivity contribution in [2.75, 3.05) is 10.1 Å². The molecule has 0 bridgehead atoms. The van der Waals surface area contributed by atoms with Crippen LogP contribution in [0.5, 0.6) is 0 Å². The fourth-order valence-corrected chi connectivity index (χ4v) is 4.26. The van der Waals surface area contributed by atoms with Crippen molar-refractivity contribution in [3.05, 3.63) is 89.2 Å². The quantitative estimate of drug-likeness (QED) is 0.486. The molecule has 9 heteroatoms. The summed E-state index contributed by atoms with van der Waals surface area (Å²) < 4.78 is 29.6. The fraction of sp³-hybridized carbons (Fsp3) is 0.0476. The Morgan fingerprint density at radius 3 is 2.63 bits per heavy atom. The van der Waals surface area contributed by atoms with Crippen LogP contribution in [0.15, 0.2) is 78.0 Å². The Bertz CT molecular complexity index is 1370. The SMILES string of the molecule is Cc1cccc(NS(=O)(=O)c2ccc(Cl)c(C(=O)Nn3cnc4ccccc43)c2)c1. The summed E-state index contributed by atoms with van der Waals surface area (Å²) in [7, 11) is -3.91. The van der Waals surface area contributed by atoms with Gasteiger partial charge < -0.3 is 0 Å². The van der Waals surface area contributed by atoms with Gasteiger partial charge in [-0.05, 0) is 55.0 Å². The van der Waals surface area contributed by atoms with Crippen LogP contribution >= 0.6 is 11.6 Å². The van der Waals surface area contributed by atoms with Crippen LogP contribution in [0.2, 0.25) is 5.02 Å². The van der Waals surface area contributed by atoms with Crippen LogP contribution in [0.4, 0.5) is 5.69 Å². The van der Waals surface area contributed by atoms with E-state index in [0.29, 0.717) is 16.7 Å². The highest BCUT2D eigenvalue weighted by Gasteiger charge is 2.19. The molecular formula is C21H17ClN4O3S. The van der Waals surface area contributed by atoms with Gasteiger partial charge in [-0.3, -0.25) is 14.9 Å². The minimum atomic E-state index is -3.91. The second-order valence-electron chi connectivity index (χ2n) is 6.66. The topological polar surface area (TPSA) is 93.1 Å². The molecule has 0 fully saturated rings. The maximum Gasteiger partial charge on any atom is 0.271 e. The third-order valence-electron chi connectivity index (χ3n) is 4.44. The number of halogens is 1. The van der Waals surface area contributed by atoms with Crippen molar-refractivity contribution in [2.45, 2.75) is 11.8 Å². The van der Waals surface area contributed by atoms with Crippen LogP contribution in [0.1, 0.15) is 15.9 Å².